The largest absolute Gasteiger partial charge is 0.366 e. The van der Waals surface area contributed by atoms with Gasteiger partial charge in [-0.3, -0.25) is 9.59 Å². The zero-order chi connectivity index (χ0) is 22.5. The quantitative estimate of drug-likeness (QED) is 0.619. The summed E-state index contributed by atoms with van der Waals surface area (Å²) >= 11 is 0. The van der Waals surface area contributed by atoms with Crippen molar-refractivity contribution in [3.05, 3.63) is 65.2 Å². The fourth-order valence-corrected chi connectivity index (χ4v) is 4.10. The number of anilines is 1. The molecule has 0 bridgehead atoms. The Labute approximate surface area is 173 Å². The van der Waals surface area contributed by atoms with Crippen LogP contribution in [0.25, 0.3) is 6.08 Å². The second-order valence-electron chi connectivity index (χ2n) is 6.16. The number of benzene rings is 2. The fraction of sp³-hybridized carbons (Fsp3) is 0.200. The highest BCUT2D eigenvalue weighted by Crippen LogP contribution is 2.20. The van der Waals surface area contributed by atoms with E-state index < -0.39 is 44.7 Å². The number of halogens is 2. The second-order valence-corrected chi connectivity index (χ2v) is 8.10. The van der Waals surface area contributed by atoms with E-state index in [1.165, 1.54) is 34.6 Å². The van der Waals surface area contributed by atoms with Gasteiger partial charge in [-0.05, 0) is 29.8 Å². The van der Waals surface area contributed by atoms with E-state index in [-0.39, 0.29) is 4.90 Å². The molecule has 0 aromatic heterocycles. The maximum Gasteiger partial charge on any atom is 0.251 e. The van der Waals surface area contributed by atoms with Crippen LogP contribution in [0.5, 0.6) is 0 Å². The van der Waals surface area contributed by atoms with E-state index in [0.717, 1.165) is 12.1 Å². The van der Waals surface area contributed by atoms with Crippen LogP contribution >= 0.6 is 0 Å². The third-order valence-corrected chi connectivity index (χ3v) is 6.29. The predicted octanol–water partition coefficient (Wildman–Crippen LogP) is 2.75. The van der Waals surface area contributed by atoms with Crippen molar-refractivity contribution in [2.45, 2.75) is 18.7 Å². The van der Waals surface area contributed by atoms with Gasteiger partial charge in [0, 0.05) is 25.2 Å². The summed E-state index contributed by atoms with van der Waals surface area (Å²) in [6.45, 7) is 4.18. The molecule has 0 heterocycles. The average Bonchev–Trinajstić information content (AvgIpc) is 2.69. The van der Waals surface area contributed by atoms with Crippen LogP contribution in [-0.4, -0.2) is 37.6 Å². The molecule has 30 heavy (non-hydrogen) atoms. The first-order valence-corrected chi connectivity index (χ1v) is 10.4. The summed E-state index contributed by atoms with van der Waals surface area (Å²) in [5.74, 6) is -4.03. The third kappa shape index (κ3) is 5.28. The molecule has 2 aromatic carbocycles. The molecule has 0 aliphatic carbocycles. The lowest BCUT2D eigenvalue weighted by atomic mass is 10.1. The minimum Gasteiger partial charge on any atom is -0.366 e. The van der Waals surface area contributed by atoms with Gasteiger partial charge in [0.05, 0.1) is 16.1 Å². The van der Waals surface area contributed by atoms with Crippen molar-refractivity contribution >= 4 is 33.6 Å². The maximum atomic E-state index is 13.8. The summed E-state index contributed by atoms with van der Waals surface area (Å²) in [7, 11) is -3.59. The monoisotopic (exact) mass is 437 g/mol. The van der Waals surface area contributed by atoms with Gasteiger partial charge in [0.2, 0.25) is 15.9 Å². The molecule has 2 aromatic rings. The van der Waals surface area contributed by atoms with E-state index in [1.807, 2.05) is 0 Å². The molecule has 0 radical (unpaired) electrons. The summed E-state index contributed by atoms with van der Waals surface area (Å²) < 4.78 is 53.5. The van der Waals surface area contributed by atoms with Gasteiger partial charge in [-0.1, -0.05) is 26.0 Å². The molecule has 2 rings (SSSR count). The first kappa shape index (κ1) is 23.2. The van der Waals surface area contributed by atoms with Gasteiger partial charge < -0.3 is 11.1 Å². The van der Waals surface area contributed by atoms with Gasteiger partial charge in [-0.15, -0.1) is 0 Å². The molecule has 0 saturated carbocycles. The standard InChI is InChI=1S/C20H21F2N3O4S/c1-3-25(4-2)30(28,29)14-8-5-13(6-9-14)7-10-19(26)24-18-11-15(20(23)27)16(21)12-17(18)22/h5-12H,3-4H2,1-2H3,(H2,23,27)(H,24,26)/b10-7+. The normalized spacial score (nSPS) is 11.8. The number of rotatable bonds is 8. The van der Waals surface area contributed by atoms with Crippen LogP contribution in [0.3, 0.4) is 0 Å². The van der Waals surface area contributed by atoms with Gasteiger partial charge >= 0.3 is 0 Å². The number of nitrogens with one attached hydrogen (secondary N) is 1. The van der Waals surface area contributed by atoms with Crippen LogP contribution in [0, 0.1) is 11.6 Å². The molecule has 0 spiro atoms. The molecule has 7 nitrogen and oxygen atoms in total. The zero-order valence-corrected chi connectivity index (χ0v) is 17.2. The summed E-state index contributed by atoms with van der Waals surface area (Å²) in [5.41, 5.74) is 4.58. The Bertz CT molecular complexity index is 1080. The van der Waals surface area contributed by atoms with E-state index in [9.17, 15) is 26.8 Å². The van der Waals surface area contributed by atoms with E-state index >= 15 is 0 Å². The number of primary amides is 1. The SMILES string of the molecule is CCN(CC)S(=O)(=O)c1ccc(/C=C/C(=O)Nc2cc(C(N)=O)c(F)cc2F)cc1. The molecule has 0 aliphatic heterocycles. The lowest BCUT2D eigenvalue weighted by molar-refractivity contribution is -0.111. The number of sulfonamides is 1. The van der Waals surface area contributed by atoms with Crippen LogP contribution in [-0.2, 0) is 14.8 Å². The van der Waals surface area contributed by atoms with Crippen LogP contribution in [0.1, 0.15) is 29.8 Å². The van der Waals surface area contributed by atoms with E-state index in [1.54, 1.807) is 13.8 Å². The highest BCUT2D eigenvalue weighted by Gasteiger charge is 2.21. The Balaban J connectivity index is 2.14. The number of hydrogen-bond acceptors (Lipinski definition) is 4. The van der Waals surface area contributed by atoms with Crippen molar-refractivity contribution in [1.29, 1.82) is 0 Å². The van der Waals surface area contributed by atoms with Crippen LogP contribution in [0.4, 0.5) is 14.5 Å². The molecule has 10 heteroatoms. The van der Waals surface area contributed by atoms with E-state index in [4.69, 9.17) is 5.73 Å². The smallest absolute Gasteiger partial charge is 0.251 e. The fourth-order valence-electron chi connectivity index (χ4n) is 2.64. The topological polar surface area (TPSA) is 110 Å². The number of nitrogens with zero attached hydrogens (tertiary/aromatic N) is 1. The van der Waals surface area contributed by atoms with Crippen molar-refractivity contribution in [2.24, 2.45) is 5.73 Å². The molecule has 160 valence electrons. The molecule has 0 saturated heterocycles. The summed E-state index contributed by atoms with van der Waals surface area (Å²) in [4.78, 5) is 23.3. The third-order valence-electron chi connectivity index (χ3n) is 4.23. The molecular formula is C20H21F2N3O4S. The van der Waals surface area contributed by atoms with Crippen LogP contribution in [0.2, 0.25) is 0 Å². The van der Waals surface area contributed by atoms with Crippen molar-refractivity contribution < 1.29 is 26.8 Å². The van der Waals surface area contributed by atoms with Crippen molar-refractivity contribution in [3.8, 4) is 0 Å². The average molecular weight is 437 g/mol. The number of carbonyl (C=O) groups is 2. The predicted molar refractivity (Wildman–Crippen MR) is 109 cm³/mol. The van der Waals surface area contributed by atoms with Crippen LogP contribution < -0.4 is 11.1 Å². The number of carbonyl (C=O) groups excluding carboxylic acids is 2. The lowest BCUT2D eigenvalue weighted by Gasteiger charge is -2.18. The minimum atomic E-state index is -3.59. The van der Waals surface area contributed by atoms with Gasteiger partial charge in [0.15, 0.2) is 0 Å². The Morgan fingerprint density at radius 1 is 1.07 bits per heavy atom. The highest BCUT2D eigenvalue weighted by atomic mass is 32.2. The van der Waals surface area contributed by atoms with Crippen LogP contribution in [0.15, 0.2) is 47.4 Å². The maximum absolute atomic E-state index is 13.8. The van der Waals surface area contributed by atoms with E-state index in [0.29, 0.717) is 24.7 Å². The first-order chi connectivity index (χ1) is 14.1. The molecular weight excluding hydrogens is 416 g/mol. The van der Waals surface area contributed by atoms with Gasteiger partial charge in [-0.2, -0.15) is 4.31 Å². The van der Waals surface area contributed by atoms with E-state index in [2.05, 4.69) is 5.32 Å². The Hall–Kier alpha value is -3.11. The lowest BCUT2D eigenvalue weighted by Crippen LogP contribution is -2.30. The number of amides is 2. The summed E-state index contributed by atoms with van der Waals surface area (Å²) in [6, 6.07) is 7.14. The van der Waals surface area contributed by atoms with Crippen molar-refractivity contribution in [2.75, 3.05) is 18.4 Å². The second kappa shape index (κ2) is 9.59. The Morgan fingerprint density at radius 3 is 2.20 bits per heavy atom. The first-order valence-electron chi connectivity index (χ1n) is 8.98. The summed E-state index contributed by atoms with van der Waals surface area (Å²) in [6.07, 6.45) is 2.47. The number of nitrogens with two attached hydrogens (primary N) is 1. The van der Waals surface area contributed by atoms with Crippen molar-refractivity contribution in [3.63, 3.8) is 0 Å². The summed E-state index contributed by atoms with van der Waals surface area (Å²) in [5, 5.41) is 2.19. The molecule has 3 N–H and O–H groups in total. The zero-order valence-electron chi connectivity index (χ0n) is 16.4. The minimum absolute atomic E-state index is 0.125. The molecule has 0 fully saturated rings. The van der Waals surface area contributed by atoms with Gasteiger partial charge in [-0.25, -0.2) is 17.2 Å². The number of hydrogen-bond donors (Lipinski definition) is 2. The Morgan fingerprint density at radius 2 is 1.67 bits per heavy atom. The molecule has 0 unspecified atom stereocenters. The molecule has 2 amide bonds. The van der Waals surface area contributed by atoms with Crippen molar-refractivity contribution in [1.82, 2.24) is 4.31 Å². The Kier molecular flexibility index (Phi) is 7.41. The molecule has 0 atom stereocenters. The van der Waals surface area contributed by atoms with Gasteiger partial charge in [0.25, 0.3) is 5.91 Å². The van der Waals surface area contributed by atoms with Gasteiger partial charge in [0.1, 0.15) is 11.6 Å². The molecule has 0 aliphatic rings. The highest BCUT2D eigenvalue weighted by molar-refractivity contribution is 7.89.